The zero-order valence-electron chi connectivity index (χ0n) is 11.4. The molecule has 0 fully saturated rings. The lowest BCUT2D eigenvalue weighted by molar-refractivity contribution is 0.622. The van der Waals surface area contributed by atoms with Gasteiger partial charge in [-0.25, -0.2) is 4.39 Å². The van der Waals surface area contributed by atoms with E-state index in [0.717, 1.165) is 16.5 Å². The van der Waals surface area contributed by atoms with E-state index >= 15 is 0 Å². The molecule has 0 heterocycles. The van der Waals surface area contributed by atoms with Crippen LogP contribution in [0.5, 0.6) is 0 Å². The van der Waals surface area contributed by atoms with Gasteiger partial charge in [0.1, 0.15) is 5.82 Å². The van der Waals surface area contributed by atoms with E-state index in [1.807, 2.05) is 24.3 Å². The first-order valence-electron chi connectivity index (χ1n) is 6.82. The molecular formula is C18H15ClFN. The summed E-state index contributed by atoms with van der Waals surface area (Å²) in [7, 11) is 0. The van der Waals surface area contributed by atoms with Crippen LogP contribution in [0.2, 0.25) is 5.02 Å². The van der Waals surface area contributed by atoms with E-state index in [-0.39, 0.29) is 11.1 Å². The number of hydrogen-bond donors (Lipinski definition) is 1. The van der Waals surface area contributed by atoms with Gasteiger partial charge in [-0.3, -0.25) is 0 Å². The van der Waals surface area contributed by atoms with Gasteiger partial charge >= 0.3 is 0 Å². The Bertz CT molecular complexity index is 785. The Morgan fingerprint density at radius 1 is 0.952 bits per heavy atom. The van der Waals surface area contributed by atoms with E-state index < -0.39 is 5.82 Å². The molecule has 1 unspecified atom stereocenters. The number of rotatable bonds is 3. The first-order chi connectivity index (χ1) is 10.1. The maximum absolute atomic E-state index is 13.5. The highest BCUT2D eigenvalue weighted by atomic mass is 35.5. The largest absolute Gasteiger partial charge is 0.324 e. The second kappa shape index (κ2) is 5.84. The fourth-order valence-electron chi connectivity index (χ4n) is 2.48. The highest BCUT2D eigenvalue weighted by Crippen LogP contribution is 2.23. The number of halogens is 2. The van der Waals surface area contributed by atoms with Crippen LogP contribution in [0.25, 0.3) is 10.8 Å². The van der Waals surface area contributed by atoms with Crippen LogP contribution in [-0.4, -0.2) is 0 Å². The normalized spacial score (nSPS) is 12.5. The molecule has 0 radical (unpaired) electrons. The molecule has 21 heavy (non-hydrogen) atoms. The van der Waals surface area contributed by atoms with Crippen LogP contribution in [0.3, 0.4) is 0 Å². The Hall–Kier alpha value is -1.90. The minimum absolute atomic E-state index is 0.137. The Labute approximate surface area is 128 Å². The average Bonchev–Trinajstić information content (AvgIpc) is 2.50. The molecule has 0 aromatic heterocycles. The number of hydrogen-bond acceptors (Lipinski definition) is 1. The van der Waals surface area contributed by atoms with Gasteiger partial charge < -0.3 is 5.73 Å². The molecule has 0 aliphatic carbocycles. The van der Waals surface area contributed by atoms with Crippen molar-refractivity contribution in [3.63, 3.8) is 0 Å². The average molecular weight is 300 g/mol. The van der Waals surface area contributed by atoms with Crippen LogP contribution in [0.4, 0.5) is 4.39 Å². The fourth-order valence-corrected chi connectivity index (χ4v) is 2.59. The standard InChI is InChI=1S/C18H15ClFN/c19-16-8-5-12(9-17(16)20)10-18(21)15-7-6-13-3-1-2-4-14(13)11-15/h1-9,11,18H,10,21H2. The first-order valence-corrected chi connectivity index (χ1v) is 7.19. The minimum Gasteiger partial charge on any atom is -0.324 e. The van der Waals surface area contributed by atoms with Crippen molar-refractivity contribution in [2.75, 3.05) is 0 Å². The van der Waals surface area contributed by atoms with E-state index in [2.05, 4.69) is 24.3 Å². The van der Waals surface area contributed by atoms with Crippen molar-refractivity contribution in [2.45, 2.75) is 12.5 Å². The summed E-state index contributed by atoms with van der Waals surface area (Å²) in [6, 6.07) is 19.0. The number of fused-ring (bicyclic) bond motifs is 1. The van der Waals surface area contributed by atoms with Gasteiger partial charge in [-0.1, -0.05) is 54.1 Å². The van der Waals surface area contributed by atoms with Gasteiger partial charge in [0, 0.05) is 6.04 Å². The molecule has 1 atom stereocenters. The first kappa shape index (κ1) is 14.1. The van der Waals surface area contributed by atoms with Crippen LogP contribution in [-0.2, 0) is 6.42 Å². The minimum atomic E-state index is -0.403. The van der Waals surface area contributed by atoms with Gasteiger partial charge in [-0.15, -0.1) is 0 Å². The predicted octanol–water partition coefficient (Wildman–Crippen LogP) is 4.87. The van der Waals surface area contributed by atoms with E-state index in [1.165, 1.54) is 11.5 Å². The molecule has 1 nitrogen and oxygen atoms in total. The maximum Gasteiger partial charge on any atom is 0.142 e. The number of nitrogens with two attached hydrogens (primary N) is 1. The quantitative estimate of drug-likeness (QED) is 0.733. The van der Waals surface area contributed by atoms with Gasteiger partial charge in [0.2, 0.25) is 0 Å². The molecule has 0 saturated carbocycles. The van der Waals surface area contributed by atoms with Crippen LogP contribution in [0.15, 0.2) is 60.7 Å². The van der Waals surface area contributed by atoms with Crippen molar-refractivity contribution in [1.82, 2.24) is 0 Å². The van der Waals surface area contributed by atoms with E-state index in [9.17, 15) is 4.39 Å². The summed E-state index contributed by atoms with van der Waals surface area (Å²) < 4.78 is 13.5. The van der Waals surface area contributed by atoms with Crippen LogP contribution >= 0.6 is 11.6 Å². The third-order valence-corrected chi connectivity index (χ3v) is 3.95. The van der Waals surface area contributed by atoms with Gasteiger partial charge in [-0.05, 0) is 46.5 Å². The summed E-state index contributed by atoms with van der Waals surface area (Å²) in [5, 5.41) is 2.48. The van der Waals surface area contributed by atoms with Crippen molar-refractivity contribution >= 4 is 22.4 Å². The van der Waals surface area contributed by atoms with Crippen molar-refractivity contribution < 1.29 is 4.39 Å². The van der Waals surface area contributed by atoms with E-state index in [4.69, 9.17) is 17.3 Å². The Balaban J connectivity index is 1.85. The molecule has 2 N–H and O–H groups in total. The Morgan fingerprint density at radius 3 is 2.48 bits per heavy atom. The Kier molecular flexibility index (Phi) is 3.91. The van der Waals surface area contributed by atoms with Crippen molar-refractivity contribution in [1.29, 1.82) is 0 Å². The zero-order chi connectivity index (χ0) is 14.8. The van der Waals surface area contributed by atoms with Crippen LogP contribution < -0.4 is 5.73 Å². The zero-order valence-corrected chi connectivity index (χ0v) is 12.1. The van der Waals surface area contributed by atoms with Gasteiger partial charge in [-0.2, -0.15) is 0 Å². The molecule has 3 aromatic carbocycles. The fraction of sp³-hybridized carbons (Fsp3) is 0.111. The van der Waals surface area contributed by atoms with Crippen molar-refractivity contribution in [3.8, 4) is 0 Å². The second-order valence-electron chi connectivity index (χ2n) is 5.17. The smallest absolute Gasteiger partial charge is 0.142 e. The number of benzene rings is 3. The molecule has 0 aliphatic heterocycles. The van der Waals surface area contributed by atoms with Crippen LogP contribution in [0.1, 0.15) is 17.2 Å². The summed E-state index contributed by atoms with van der Waals surface area (Å²) in [5.74, 6) is -0.403. The topological polar surface area (TPSA) is 26.0 Å². The molecule has 106 valence electrons. The highest BCUT2D eigenvalue weighted by molar-refractivity contribution is 6.30. The summed E-state index contributed by atoms with van der Waals surface area (Å²) in [6.07, 6.45) is 0.576. The summed E-state index contributed by atoms with van der Waals surface area (Å²) in [5.41, 5.74) is 8.14. The lowest BCUT2D eigenvalue weighted by Crippen LogP contribution is -2.13. The molecule has 0 saturated heterocycles. The van der Waals surface area contributed by atoms with Gasteiger partial charge in [0.25, 0.3) is 0 Å². The molecule has 0 spiro atoms. The molecule has 0 amide bonds. The lowest BCUT2D eigenvalue weighted by Gasteiger charge is -2.13. The second-order valence-corrected chi connectivity index (χ2v) is 5.57. The molecule has 3 aromatic rings. The summed E-state index contributed by atoms with van der Waals surface area (Å²) >= 11 is 5.69. The SMILES string of the molecule is NC(Cc1ccc(Cl)c(F)c1)c1ccc2ccccc2c1. The van der Waals surface area contributed by atoms with Crippen molar-refractivity contribution in [3.05, 3.63) is 82.6 Å². The third kappa shape index (κ3) is 3.07. The monoisotopic (exact) mass is 299 g/mol. The van der Waals surface area contributed by atoms with Crippen LogP contribution in [0, 0.1) is 5.82 Å². The van der Waals surface area contributed by atoms with Gasteiger partial charge in [0.15, 0.2) is 0 Å². The highest BCUT2D eigenvalue weighted by Gasteiger charge is 2.09. The lowest BCUT2D eigenvalue weighted by atomic mass is 9.97. The third-order valence-electron chi connectivity index (χ3n) is 3.64. The van der Waals surface area contributed by atoms with Gasteiger partial charge in [0.05, 0.1) is 5.02 Å². The molecule has 0 bridgehead atoms. The molecule has 3 rings (SSSR count). The predicted molar refractivity (Wildman–Crippen MR) is 86.0 cm³/mol. The summed E-state index contributed by atoms with van der Waals surface area (Å²) in [6.45, 7) is 0. The van der Waals surface area contributed by atoms with Crippen molar-refractivity contribution in [2.24, 2.45) is 5.73 Å². The van der Waals surface area contributed by atoms with E-state index in [1.54, 1.807) is 6.07 Å². The molecule has 3 heteroatoms. The molecular weight excluding hydrogens is 285 g/mol. The Morgan fingerprint density at radius 2 is 1.71 bits per heavy atom. The summed E-state index contributed by atoms with van der Waals surface area (Å²) in [4.78, 5) is 0. The maximum atomic E-state index is 13.5. The molecule has 0 aliphatic rings. The van der Waals surface area contributed by atoms with E-state index in [0.29, 0.717) is 6.42 Å².